The Morgan fingerprint density at radius 3 is 2.83 bits per heavy atom. The molecule has 18 heavy (non-hydrogen) atoms. The number of hydrogen-bond donors (Lipinski definition) is 1. The van der Waals surface area contributed by atoms with Gasteiger partial charge in [-0.25, -0.2) is 0 Å². The van der Waals surface area contributed by atoms with Gasteiger partial charge in [-0.15, -0.1) is 11.8 Å². The first-order valence-corrected chi connectivity index (χ1v) is 6.45. The Balaban J connectivity index is 2.00. The fraction of sp³-hybridized carbons (Fsp3) is 0.167. The number of rotatable bonds is 5. The number of benzene rings is 1. The van der Waals surface area contributed by atoms with Crippen LogP contribution >= 0.6 is 11.8 Å². The second kappa shape index (κ2) is 5.59. The molecule has 1 heterocycles. The third-order valence-electron chi connectivity index (χ3n) is 2.42. The molecule has 0 spiro atoms. The van der Waals surface area contributed by atoms with Crippen molar-refractivity contribution >= 4 is 23.1 Å². The average Bonchev–Trinajstić information content (AvgIpc) is 2.84. The number of hydrogen-bond acceptors (Lipinski definition) is 5. The first-order valence-electron chi connectivity index (χ1n) is 5.30. The molecule has 2 rings (SSSR count). The van der Waals surface area contributed by atoms with Crippen LogP contribution in [0.1, 0.15) is 11.3 Å². The first-order chi connectivity index (χ1) is 8.66. The fourth-order valence-corrected chi connectivity index (χ4v) is 2.42. The highest BCUT2D eigenvalue weighted by atomic mass is 32.2. The second-order valence-corrected chi connectivity index (χ2v) is 4.70. The van der Waals surface area contributed by atoms with Gasteiger partial charge in [0.1, 0.15) is 5.76 Å². The SMILES string of the molecule is Nc1ccc([N+](=O)[O-])cc1CSCc1ccco1. The summed E-state index contributed by atoms with van der Waals surface area (Å²) in [5.74, 6) is 2.22. The molecule has 5 nitrogen and oxygen atoms in total. The number of nitro benzene ring substituents is 1. The number of nitrogen functional groups attached to an aromatic ring is 1. The lowest BCUT2D eigenvalue weighted by Gasteiger charge is -2.04. The van der Waals surface area contributed by atoms with Crippen molar-refractivity contribution in [3.05, 3.63) is 58.0 Å². The van der Waals surface area contributed by atoms with Crippen molar-refractivity contribution in [1.29, 1.82) is 0 Å². The summed E-state index contributed by atoms with van der Waals surface area (Å²) in [4.78, 5) is 10.3. The smallest absolute Gasteiger partial charge is 0.269 e. The van der Waals surface area contributed by atoms with Gasteiger partial charge in [0.25, 0.3) is 5.69 Å². The molecule has 0 aliphatic carbocycles. The molecule has 0 bridgehead atoms. The molecule has 0 unspecified atom stereocenters. The van der Waals surface area contributed by atoms with Gasteiger partial charge in [-0.3, -0.25) is 10.1 Å². The molecule has 0 saturated carbocycles. The maximum absolute atomic E-state index is 10.7. The lowest BCUT2D eigenvalue weighted by atomic mass is 10.2. The number of thioether (sulfide) groups is 1. The van der Waals surface area contributed by atoms with Crippen LogP contribution < -0.4 is 5.73 Å². The largest absolute Gasteiger partial charge is 0.468 e. The van der Waals surface area contributed by atoms with Crippen molar-refractivity contribution in [3.63, 3.8) is 0 Å². The van der Waals surface area contributed by atoms with Crippen LogP contribution in [0.25, 0.3) is 0 Å². The maximum atomic E-state index is 10.7. The maximum Gasteiger partial charge on any atom is 0.269 e. The number of nitro groups is 1. The topological polar surface area (TPSA) is 82.3 Å². The van der Waals surface area contributed by atoms with Gasteiger partial charge in [0.2, 0.25) is 0 Å². The number of furan rings is 1. The third kappa shape index (κ3) is 3.04. The zero-order valence-electron chi connectivity index (χ0n) is 9.54. The second-order valence-electron chi connectivity index (χ2n) is 3.71. The van der Waals surface area contributed by atoms with E-state index in [1.165, 1.54) is 12.1 Å². The molecule has 0 aliphatic heterocycles. The molecule has 0 radical (unpaired) electrons. The highest BCUT2D eigenvalue weighted by Gasteiger charge is 2.09. The average molecular weight is 264 g/mol. The van der Waals surface area contributed by atoms with Crippen LogP contribution in [-0.2, 0) is 11.5 Å². The van der Waals surface area contributed by atoms with Gasteiger partial charge in [-0.2, -0.15) is 0 Å². The quantitative estimate of drug-likeness (QED) is 0.509. The Kier molecular flexibility index (Phi) is 3.88. The number of nitrogens with zero attached hydrogens (tertiary/aromatic N) is 1. The Bertz CT molecular complexity index is 540. The van der Waals surface area contributed by atoms with Crippen molar-refractivity contribution in [2.24, 2.45) is 0 Å². The number of anilines is 1. The minimum Gasteiger partial charge on any atom is -0.468 e. The van der Waals surface area contributed by atoms with E-state index in [0.717, 1.165) is 17.1 Å². The summed E-state index contributed by atoms with van der Waals surface area (Å²) in [7, 11) is 0. The van der Waals surface area contributed by atoms with Crippen LogP contribution in [0.4, 0.5) is 11.4 Å². The molecule has 1 aromatic heterocycles. The van der Waals surface area contributed by atoms with Crippen molar-refractivity contribution in [2.75, 3.05) is 5.73 Å². The molecular weight excluding hydrogens is 252 g/mol. The highest BCUT2D eigenvalue weighted by Crippen LogP contribution is 2.25. The van der Waals surface area contributed by atoms with Crippen LogP contribution in [0.15, 0.2) is 41.0 Å². The van der Waals surface area contributed by atoms with Crippen molar-refractivity contribution in [2.45, 2.75) is 11.5 Å². The van der Waals surface area contributed by atoms with Gasteiger partial charge >= 0.3 is 0 Å². The van der Waals surface area contributed by atoms with Gasteiger partial charge in [0, 0.05) is 23.6 Å². The molecule has 6 heteroatoms. The number of non-ortho nitro benzene ring substituents is 1. The molecule has 0 fully saturated rings. The van der Waals surface area contributed by atoms with Gasteiger partial charge in [-0.05, 0) is 23.8 Å². The predicted molar refractivity (Wildman–Crippen MR) is 71.2 cm³/mol. The normalized spacial score (nSPS) is 10.4. The van der Waals surface area contributed by atoms with E-state index in [0.29, 0.717) is 11.4 Å². The Morgan fingerprint density at radius 2 is 2.17 bits per heavy atom. The summed E-state index contributed by atoms with van der Waals surface area (Å²) in [6.07, 6.45) is 1.62. The van der Waals surface area contributed by atoms with Crippen molar-refractivity contribution in [1.82, 2.24) is 0 Å². The van der Waals surface area contributed by atoms with Crippen LogP contribution in [0.5, 0.6) is 0 Å². The molecule has 0 atom stereocenters. The molecular formula is C12H12N2O3S. The minimum absolute atomic E-state index is 0.0674. The van der Waals surface area contributed by atoms with Crippen molar-refractivity contribution in [3.8, 4) is 0 Å². The van der Waals surface area contributed by atoms with E-state index < -0.39 is 4.92 Å². The standard InChI is InChI=1S/C12H12N2O3S/c13-12-4-3-10(14(15)16)6-9(12)7-18-8-11-2-1-5-17-11/h1-6H,7-8,13H2. The van der Waals surface area contributed by atoms with E-state index in [9.17, 15) is 10.1 Å². The molecule has 0 aliphatic rings. The van der Waals surface area contributed by atoms with E-state index in [4.69, 9.17) is 10.2 Å². The minimum atomic E-state index is -0.417. The summed E-state index contributed by atoms with van der Waals surface area (Å²) < 4.78 is 5.20. The van der Waals surface area contributed by atoms with E-state index in [-0.39, 0.29) is 5.69 Å². The van der Waals surface area contributed by atoms with E-state index in [2.05, 4.69) is 0 Å². The van der Waals surface area contributed by atoms with E-state index >= 15 is 0 Å². The van der Waals surface area contributed by atoms with Gasteiger partial charge in [-0.1, -0.05) is 0 Å². The first kappa shape index (κ1) is 12.5. The van der Waals surface area contributed by atoms with Crippen LogP contribution in [-0.4, -0.2) is 4.92 Å². The summed E-state index contributed by atoms with van der Waals surface area (Å²) in [5, 5.41) is 10.7. The fourth-order valence-electron chi connectivity index (χ4n) is 1.49. The third-order valence-corrected chi connectivity index (χ3v) is 3.42. The van der Waals surface area contributed by atoms with Gasteiger partial charge in [0.05, 0.1) is 16.9 Å². The Morgan fingerprint density at radius 1 is 1.33 bits per heavy atom. The Hall–Kier alpha value is -1.95. The van der Waals surface area contributed by atoms with Crippen LogP contribution in [0.3, 0.4) is 0 Å². The van der Waals surface area contributed by atoms with Gasteiger partial charge < -0.3 is 10.2 Å². The van der Waals surface area contributed by atoms with Crippen molar-refractivity contribution < 1.29 is 9.34 Å². The van der Waals surface area contributed by atoms with E-state index in [1.54, 1.807) is 24.1 Å². The van der Waals surface area contributed by atoms with Crippen LogP contribution in [0.2, 0.25) is 0 Å². The zero-order chi connectivity index (χ0) is 13.0. The lowest BCUT2D eigenvalue weighted by molar-refractivity contribution is -0.384. The summed E-state index contributed by atoms with van der Waals surface area (Å²) >= 11 is 1.60. The van der Waals surface area contributed by atoms with Gasteiger partial charge in [0.15, 0.2) is 0 Å². The molecule has 94 valence electrons. The monoisotopic (exact) mass is 264 g/mol. The lowest BCUT2D eigenvalue weighted by Crippen LogP contribution is -1.96. The molecule has 0 amide bonds. The summed E-state index contributed by atoms with van der Waals surface area (Å²) in [6.45, 7) is 0. The summed E-state index contributed by atoms with van der Waals surface area (Å²) in [5.41, 5.74) is 7.21. The van der Waals surface area contributed by atoms with Crippen LogP contribution in [0, 0.1) is 10.1 Å². The Labute approximate surface area is 108 Å². The number of nitrogens with two attached hydrogens (primary N) is 1. The molecule has 2 N–H and O–H groups in total. The predicted octanol–water partition coefficient (Wildman–Crippen LogP) is 3.20. The molecule has 2 aromatic rings. The molecule has 1 aromatic carbocycles. The summed E-state index contributed by atoms with van der Waals surface area (Å²) in [6, 6.07) is 8.23. The zero-order valence-corrected chi connectivity index (χ0v) is 10.4. The molecule has 0 saturated heterocycles. The highest BCUT2D eigenvalue weighted by molar-refractivity contribution is 7.97. The van der Waals surface area contributed by atoms with E-state index in [1.807, 2.05) is 12.1 Å².